The molecule has 0 saturated carbocycles. The number of aromatic nitrogens is 1. The van der Waals surface area contributed by atoms with E-state index in [2.05, 4.69) is 17.2 Å². The lowest BCUT2D eigenvalue weighted by Gasteiger charge is -2.36. The van der Waals surface area contributed by atoms with Crippen LogP contribution in [-0.4, -0.2) is 54.9 Å². The Balaban J connectivity index is 1.58. The molecule has 2 aromatic rings. The highest BCUT2D eigenvalue weighted by atomic mass is 32.2. The average molecular weight is 404 g/mol. The molecule has 2 N–H and O–H groups in total. The molecule has 2 heterocycles. The Hall–Kier alpha value is -2.45. The van der Waals surface area contributed by atoms with Gasteiger partial charge in [-0.1, -0.05) is 25.1 Å². The summed E-state index contributed by atoms with van der Waals surface area (Å²) in [6.45, 7) is 3.84. The normalized spacial score (nSPS) is 20.1. The highest BCUT2D eigenvalue weighted by Crippen LogP contribution is 2.21. The smallest absolute Gasteiger partial charge is 0.407 e. The van der Waals surface area contributed by atoms with Crippen molar-refractivity contribution in [3.63, 3.8) is 0 Å². The molecule has 0 spiro atoms. The summed E-state index contributed by atoms with van der Waals surface area (Å²) in [5.41, 5.74) is 2.69. The third kappa shape index (κ3) is 4.88. The lowest BCUT2D eigenvalue weighted by atomic mass is 9.94. The molecule has 0 bridgehead atoms. The van der Waals surface area contributed by atoms with E-state index < -0.39 is 15.9 Å². The van der Waals surface area contributed by atoms with Crippen molar-refractivity contribution in [2.75, 3.05) is 19.3 Å². The van der Waals surface area contributed by atoms with Crippen LogP contribution in [0.25, 0.3) is 11.3 Å². The maximum Gasteiger partial charge on any atom is 0.407 e. The minimum atomic E-state index is -3.20. The van der Waals surface area contributed by atoms with E-state index in [1.165, 1.54) is 11.2 Å². The summed E-state index contributed by atoms with van der Waals surface area (Å²) in [6.07, 6.45) is 2.94. The van der Waals surface area contributed by atoms with Gasteiger partial charge >= 0.3 is 6.09 Å². The molecule has 2 unspecified atom stereocenters. The molecule has 7 nitrogen and oxygen atoms in total. The first-order valence-electron chi connectivity index (χ1n) is 9.20. The minimum absolute atomic E-state index is 0.255. The molecule has 1 aliphatic heterocycles. The molecule has 1 aliphatic rings. The van der Waals surface area contributed by atoms with Crippen LogP contribution in [0.5, 0.6) is 0 Å². The number of sulfone groups is 1. The number of rotatable bonds is 5. The van der Waals surface area contributed by atoms with Gasteiger partial charge in [-0.25, -0.2) is 13.2 Å². The van der Waals surface area contributed by atoms with Gasteiger partial charge in [0.25, 0.3) is 0 Å². The van der Waals surface area contributed by atoms with Gasteiger partial charge in [-0.15, -0.1) is 0 Å². The fourth-order valence-electron chi connectivity index (χ4n) is 3.44. The standard InChI is InChI=1S/C20H25N3O4S/c1-14-13-23(20(24)25)10-9-18(14)21-11-15-3-8-19(22-12-15)16-4-6-17(7-5-16)28(2,26)27/h3-8,12,14,18,21H,9-11,13H2,1-2H3,(H,24,25). The predicted molar refractivity (Wildman–Crippen MR) is 107 cm³/mol. The van der Waals surface area contributed by atoms with Crippen LogP contribution >= 0.6 is 0 Å². The molecular weight excluding hydrogens is 378 g/mol. The van der Waals surface area contributed by atoms with Crippen LogP contribution in [0.3, 0.4) is 0 Å². The fourth-order valence-corrected chi connectivity index (χ4v) is 4.07. The predicted octanol–water partition coefficient (Wildman–Crippen LogP) is 2.63. The fraction of sp³-hybridized carbons (Fsp3) is 0.400. The summed E-state index contributed by atoms with van der Waals surface area (Å²) in [6, 6.07) is 10.9. The molecule has 1 amide bonds. The molecule has 1 fully saturated rings. The van der Waals surface area contributed by atoms with Crippen LogP contribution in [0.1, 0.15) is 18.9 Å². The molecule has 150 valence electrons. The van der Waals surface area contributed by atoms with Gasteiger partial charge in [-0.05, 0) is 36.1 Å². The number of carboxylic acid groups (broad SMARTS) is 1. The van der Waals surface area contributed by atoms with E-state index in [4.69, 9.17) is 5.11 Å². The van der Waals surface area contributed by atoms with Crippen LogP contribution < -0.4 is 5.32 Å². The first-order chi connectivity index (χ1) is 13.2. The zero-order valence-electron chi connectivity index (χ0n) is 16.0. The topological polar surface area (TPSA) is 99.6 Å². The molecule has 28 heavy (non-hydrogen) atoms. The summed E-state index contributed by atoms with van der Waals surface area (Å²) >= 11 is 0. The number of nitrogens with one attached hydrogen (secondary N) is 1. The number of likely N-dealkylation sites (tertiary alicyclic amines) is 1. The number of benzene rings is 1. The van der Waals surface area contributed by atoms with E-state index in [1.807, 2.05) is 18.3 Å². The molecule has 3 rings (SSSR count). The van der Waals surface area contributed by atoms with Gasteiger partial charge in [0.1, 0.15) is 0 Å². The van der Waals surface area contributed by atoms with Crippen LogP contribution in [0, 0.1) is 5.92 Å². The maximum absolute atomic E-state index is 11.5. The van der Waals surface area contributed by atoms with Crippen LogP contribution in [0.15, 0.2) is 47.5 Å². The van der Waals surface area contributed by atoms with Crippen molar-refractivity contribution >= 4 is 15.9 Å². The minimum Gasteiger partial charge on any atom is -0.465 e. The van der Waals surface area contributed by atoms with Crippen molar-refractivity contribution < 1.29 is 18.3 Å². The number of hydrogen-bond donors (Lipinski definition) is 2. The SMILES string of the molecule is CC1CN(C(=O)O)CCC1NCc1ccc(-c2ccc(S(C)(=O)=O)cc2)nc1. The van der Waals surface area contributed by atoms with Gasteiger partial charge in [0.2, 0.25) is 0 Å². The first kappa shape index (κ1) is 20.3. The van der Waals surface area contributed by atoms with Crippen molar-refractivity contribution in [3.8, 4) is 11.3 Å². The Labute approximate surface area is 165 Å². The highest BCUT2D eigenvalue weighted by molar-refractivity contribution is 7.90. The third-order valence-corrected chi connectivity index (χ3v) is 6.28. The molecule has 0 aliphatic carbocycles. The Morgan fingerprint density at radius 3 is 2.50 bits per heavy atom. The van der Waals surface area contributed by atoms with Gasteiger partial charge in [-0.3, -0.25) is 4.98 Å². The van der Waals surface area contributed by atoms with Crippen molar-refractivity contribution in [2.24, 2.45) is 5.92 Å². The van der Waals surface area contributed by atoms with Gasteiger partial charge in [0, 0.05) is 43.7 Å². The Bertz CT molecular complexity index is 927. The zero-order chi connectivity index (χ0) is 20.3. The molecular formula is C20H25N3O4S. The monoisotopic (exact) mass is 403 g/mol. The van der Waals surface area contributed by atoms with Crippen LogP contribution in [0.2, 0.25) is 0 Å². The second-order valence-electron chi connectivity index (χ2n) is 7.33. The van der Waals surface area contributed by atoms with E-state index in [0.29, 0.717) is 24.5 Å². The van der Waals surface area contributed by atoms with E-state index in [-0.39, 0.29) is 12.0 Å². The zero-order valence-corrected chi connectivity index (χ0v) is 16.8. The van der Waals surface area contributed by atoms with Crippen molar-refractivity contribution in [2.45, 2.75) is 30.8 Å². The van der Waals surface area contributed by atoms with Crippen molar-refractivity contribution in [1.82, 2.24) is 15.2 Å². The van der Waals surface area contributed by atoms with E-state index in [1.54, 1.807) is 24.3 Å². The number of piperidine rings is 1. The lowest BCUT2D eigenvalue weighted by molar-refractivity contribution is 0.110. The summed E-state index contributed by atoms with van der Waals surface area (Å²) < 4.78 is 23.1. The summed E-state index contributed by atoms with van der Waals surface area (Å²) in [5.74, 6) is 0.255. The molecule has 1 aromatic heterocycles. The third-order valence-electron chi connectivity index (χ3n) is 5.15. The lowest BCUT2D eigenvalue weighted by Crippen LogP contribution is -2.49. The van der Waals surface area contributed by atoms with Gasteiger partial charge in [0.05, 0.1) is 10.6 Å². The maximum atomic E-state index is 11.5. The molecule has 0 radical (unpaired) electrons. The van der Waals surface area contributed by atoms with Crippen molar-refractivity contribution in [1.29, 1.82) is 0 Å². The van der Waals surface area contributed by atoms with E-state index in [0.717, 1.165) is 23.2 Å². The van der Waals surface area contributed by atoms with E-state index in [9.17, 15) is 13.2 Å². The Kier molecular flexibility index (Phi) is 6.00. The number of hydrogen-bond acceptors (Lipinski definition) is 5. The molecule has 1 saturated heterocycles. The number of amides is 1. The second kappa shape index (κ2) is 8.28. The number of pyridine rings is 1. The molecule has 1 aromatic carbocycles. The number of carbonyl (C=O) groups is 1. The summed E-state index contributed by atoms with van der Waals surface area (Å²) in [7, 11) is -3.20. The first-order valence-corrected chi connectivity index (χ1v) is 11.1. The summed E-state index contributed by atoms with van der Waals surface area (Å²) in [5, 5.41) is 12.6. The average Bonchev–Trinajstić information content (AvgIpc) is 2.67. The van der Waals surface area contributed by atoms with Crippen molar-refractivity contribution in [3.05, 3.63) is 48.2 Å². The van der Waals surface area contributed by atoms with Crippen LogP contribution in [-0.2, 0) is 16.4 Å². The Morgan fingerprint density at radius 1 is 1.25 bits per heavy atom. The highest BCUT2D eigenvalue weighted by Gasteiger charge is 2.27. The Morgan fingerprint density at radius 2 is 1.96 bits per heavy atom. The molecule has 2 atom stereocenters. The second-order valence-corrected chi connectivity index (χ2v) is 9.35. The largest absolute Gasteiger partial charge is 0.465 e. The van der Waals surface area contributed by atoms with Gasteiger partial charge in [0.15, 0.2) is 9.84 Å². The van der Waals surface area contributed by atoms with Gasteiger partial charge in [-0.2, -0.15) is 0 Å². The van der Waals surface area contributed by atoms with Crippen LogP contribution in [0.4, 0.5) is 4.79 Å². The molecule has 8 heteroatoms. The van der Waals surface area contributed by atoms with E-state index >= 15 is 0 Å². The number of nitrogens with zero attached hydrogens (tertiary/aromatic N) is 2. The summed E-state index contributed by atoms with van der Waals surface area (Å²) in [4.78, 5) is 17.3. The quantitative estimate of drug-likeness (QED) is 0.796. The van der Waals surface area contributed by atoms with Gasteiger partial charge < -0.3 is 15.3 Å².